The zero-order valence-electron chi connectivity index (χ0n) is 20.2. The van der Waals surface area contributed by atoms with Crippen molar-refractivity contribution in [1.82, 2.24) is 19.7 Å². The first-order chi connectivity index (χ1) is 18.9. The van der Waals surface area contributed by atoms with Gasteiger partial charge >= 0.3 is 0 Å². The molecule has 2 aromatic heterocycles. The van der Waals surface area contributed by atoms with Crippen LogP contribution in [0.3, 0.4) is 0 Å². The van der Waals surface area contributed by atoms with Crippen molar-refractivity contribution in [3.05, 3.63) is 110 Å². The molecule has 0 aliphatic carbocycles. The summed E-state index contributed by atoms with van der Waals surface area (Å²) in [5.41, 5.74) is 1.78. The Morgan fingerprint density at radius 3 is 2.64 bits per heavy atom. The summed E-state index contributed by atoms with van der Waals surface area (Å²) in [6.07, 6.45) is 2.31. The smallest absolute Gasteiger partial charge is 0.236 e. The Morgan fingerprint density at radius 1 is 1.05 bits per heavy atom. The third-order valence-corrected chi connectivity index (χ3v) is 8.38. The van der Waals surface area contributed by atoms with Crippen LogP contribution in [0.5, 0.6) is 5.75 Å². The predicted molar refractivity (Wildman–Crippen MR) is 161 cm³/mol. The molecule has 0 aliphatic heterocycles. The third kappa shape index (κ3) is 7.40. The van der Waals surface area contributed by atoms with E-state index < -0.39 is 0 Å². The number of amides is 1. The Labute approximate surface area is 251 Å². The molecule has 3 aromatic carbocycles. The first-order valence-corrected chi connectivity index (χ1v) is 15.0. The van der Waals surface area contributed by atoms with Gasteiger partial charge in [0.05, 0.1) is 5.75 Å². The number of carbonyl (C=O) groups is 1. The minimum absolute atomic E-state index is 0.133. The van der Waals surface area contributed by atoms with E-state index in [9.17, 15) is 4.79 Å². The van der Waals surface area contributed by atoms with Crippen LogP contribution in [0.25, 0.3) is 5.69 Å². The van der Waals surface area contributed by atoms with E-state index in [-0.39, 0.29) is 18.3 Å². The van der Waals surface area contributed by atoms with Gasteiger partial charge < -0.3 is 10.1 Å². The number of nitrogens with zero attached hydrogens (tertiary/aromatic N) is 4. The number of halogens is 3. The van der Waals surface area contributed by atoms with Gasteiger partial charge in [-0.3, -0.25) is 9.36 Å². The molecule has 5 aromatic rings. The zero-order chi connectivity index (χ0) is 27.2. The van der Waals surface area contributed by atoms with E-state index in [1.54, 1.807) is 18.3 Å². The highest BCUT2D eigenvalue weighted by Gasteiger charge is 2.17. The van der Waals surface area contributed by atoms with Gasteiger partial charge in [0, 0.05) is 37.7 Å². The molecule has 0 fully saturated rings. The van der Waals surface area contributed by atoms with Crippen molar-refractivity contribution in [2.24, 2.45) is 0 Å². The van der Waals surface area contributed by atoms with Crippen LogP contribution in [-0.4, -0.2) is 31.4 Å². The summed E-state index contributed by atoms with van der Waals surface area (Å²) in [6, 6.07) is 22.7. The molecular weight excluding hydrogens is 641 g/mol. The minimum Gasteiger partial charge on any atom is -0.486 e. The molecule has 0 atom stereocenters. The molecule has 198 valence electrons. The van der Waals surface area contributed by atoms with Crippen LogP contribution in [0.15, 0.2) is 88.6 Å². The third-order valence-electron chi connectivity index (χ3n) is 5.40. The van der Waals surface area contributed by atoms with E-state index in [1.807, 2.05) is 65.2 Å². The largest absolute Gasteiger partial charge is 0.486 e. The number of rotatable bonds is 10. The van der Waals surface area contributed by atoms with Crippen LogP contribution in [-0.2, 0) is 17.8 Å². The van der Waals surface area contributed by atoms with Gasteiger partial charge in [-0.2, -0.15) is 0 Å². The maximum atomic E-state index is 12.8. The second-order valence-corrected chi connectivity index (χ2v) is 12.0. The molecule has 0 saturated carbocycles. The van der Waals surface area contributed by atoms with Crippen LogP contribution in [0.4, 0.5) is 5.13 Å². The average molecular weight is 661 g/mol. The SMILES string of the molecule is O=C(CSc1nnc(COc2ccc(Br)cc2)n1-c1ccccc1)Nc1ncc(Cc2cc(Cl)ccc2Cl)s1. The van der Waals surface area contributed by atoms with Gasteiger partial charge in [-0.05, 0) is 60.2 Å². The molecule has 0 saturated heterocycles. The number of ether oxygens (including phenoxy) is 1. The van der Waals surface area contributed by atoms with E-state index in [4.69, 9.17) is 27.9 Å². The monoisotopic (exact) mass is 659 g/mol. The molecule has 5 rings (SSSR count). The number of hydrogen-bond donors (Lipinski definition) is 1. The molecule has 1 amide bonds. The van der Waals surface area contributed by atoms with Crippen LogP contribution in [0, 0.1) is 0 Å². The molecule has 0 unspecified atom stereocenters. The molecule has 0 bridgehead atoms. The Hall–Kier alpha value is -2.89. The van der Waals surface area contributed by atoms with Crippen molar-refractivity contribution < 1.29 is 9.53 Å². The molecule has 0 radical (unpaired) electrons. The van der Waals surface area contributed by atoms with Crippen molar-refractivity contribution in [1.29, 1.82) is 0 Å². The maximum absolute atomic E-state index is 12.8. The lowest BCUT2D eigenvalue weighted by molar-refractivity contribution is -0.113. The second-order valence-electron chi connectivity index (χ2n) is 8.19. The first-order valence-electron chi connectivity index (χ1n) is 11.6. The van der Waals surface area contributed by atoms with Gasteiger partial charge in [-0.1, -0.05) is 69.1 Å². The molecule has 2 heterocycles. The molecular formula is C27H20BrCl2N5O2S2. The van der Waals surface area contributed by atoms with Crippen molar-refractivity contribution >= 4 is 73.3 Å². The van der Waals surface area contributed by atoms with Gasteiger partial charge in [0.2, 0.25) is 5.91 Å². The molecule has 0 spiro atoms. The number of aromatic nitrogens is 4. The number of thiazole rings is 1. The van der Waals surface area contributed by atoms with Crippen LogP contribution in [0.2, 0.25) is 10.0 Å². The Morgan fingerprint density at radius 2 is 1.85 bits per heavy atom. The van der Waals surface area contributed by atoms with Crippen molar-refractivity contribution in [2.75, 3.05) is 11.1 Å². The topological polar surface area (TPSA) is 81.9 Å². The average Bonchev–Trinajstić information content (AvgIpc) is 3.56. The molecule has 12 heteroatoms. The van der Waals surface area contributed by atoms with Crippen LogP contribution in [0.1, 0.15) is 16.3 Å². The summed E-state index contributed by atoms with van der Waals surface area (Å²) in [7, 11) is 0. The van der Waals surface area contributed by atoms with Crippen LogP contribution < -0.4 is 10.1 Å². The fraction of sp³-hybridized carbons (Fsp3) is 0.111. The minimum atomic E-state index is -0.197. The van der Waals surface area contributed by atoms with Crippen molar-refractivity contribution in [3.8, 4) is 11.4 Å². The van der Waals surface area contributed by atoms with E-state index in [1.165, 1.54) is 23.1 Å². The molecule has 1 N–H and O–H groups in total. The summed E-state index contributed by atoms with van der Waals surface area (Å²) in [4.78, 5) is 18.1. The number of nitrogens with one attached hydrogen (secondary N) is 1. The zero-order valence-corrected chi connectivity index (χ0v) is 24.9. The number of anilines is 1. The summed E-state index contributed by atoms with van der Waals surface area (Å²) < 4.78 is 8.80. The second kappa shape index (κ2) is 13.0. The molecule has 7 nitrogen and oxygen atoms in total. The van der Waals surface area contributed by atoms with Crippen molar-refractivity contribution in [3.63, 3.8) is 0 Å². The normalized spacial score (nSPS) is 10.9. The van der Waals surface area contributed by atoms with Gasteiger partial charge in [0.15, 0.2) is 16.1 Å². The molecule has 39 heavy (non-hydrogen) atoms. The standard InChI is InChI=1S/C27H20BrCl2N5O2S2/c28-18-6-9-21(10-7-18)37-15-24-33-34-27(35(24)20-4-2-1-3-5-20)38-16-25(36)32-26-31-14-22(39-26)13-17-12-19(29)8-11-23(17)30/h1-12,14H,13,15-16H2,(H,31,32,36). The van der Waals surface area contributed by atoms with Gasteiger partial charge in [-0.25, -0.2) is 4.98 Å². The van der Waals surface area contributed by atoms with Gasteiger partial charge in [0.1, 0.15) is 12.4 Å². The van der Waals surface area contributed by atoms with Crippen LogP contribution >= 0.6 is 62.2 Å². The summed E-state index contributed by atoms with van der Waals surface area (Å²) in [5, 5.41) is 13.9. The predicted octanol–water partition coefficient (Wildman–Crippen LogP) is 7.69. The number of carbonyl (C=O) groups excluding carboxylic acids is 1. The highest BCUT2D eigenvalue weighted by atomic mass is 79.9. The Balaban J connectivity index is 1.23. The number of benzene rings is 3. The Kier molecular flexibility index (Phi) is 9.21. The lowest BCUT2D eigenvalue weighted by Gasteiger charge is -2.11. The van der Waals surface area contributed by atoms with E-state index >= 15 is 0 Å². The fourth-order valence-corrected chi connectivity index (χ4v) is 5.87. The Bertz CT molecular complexity index is 1580. The number of thioether (sulfide) groups is 1. The highest BCUT2D eigenvalue weighted by molar-refractivity contribution is 9.10. The first kappa shape index (κ1) is 27.7. The van der Waals surface area contributed by atoms with Gasteiger partial charge in [-0.15, -0.1) is 21.5 Å². The lowest BCUT2D eigenvalue weighted by atomic mass is 10.1. The maximum Gasteiger partial charge on any atom is 0.236 e. The summed E-state index contributed by atoms with van der Waals surface area (Å²) in [5.74, 6) is 1.27. The summed E-state index contributed by atoms with van der Waals surface area (Å²) >= 11 is 18.5. The van der Waals surface area contributed by atoms with Crippen molar-refractivity contribution in [2.45, 2.75) is 18.2 Å². The van der Waals surface area contributed by atoms with E-state index in [2.05, 4.69) is 36.4 Å². The van der Waals surface area contributed by atoms with E-state index in [0.717, 1.165) is 26.4 Å². The number of hydrogen-bond acceptors (Lipinski definition) is 7. The highest BCUT2D eigenvalue weighted by Crippen LogP contribution is 2.28. The quantitative estimate of drug-likeness (QED) is 0.155. The fourth-order valence-electron chi connectivity index (χ4n) is 3.60. The van der Waals surface area contributed by atoms with E-state index in [0.29, 0.717) is 32.6 Å². The molecule has 0 aliphatic rings. The van der Waals surface area contributed by atoms with Gasteiger partial charge in [0.25, 0.3) is 0 Å². The summed E-state index contributed by atoms with van der Waals surface area (Å²) in [6.45, 7) is 0.217. The lowest BCUT2D eigenvalue weighted by Crippen LogP contribution is -2.14. The number of para-hydroxylation sites is 1.